The maximum absolute atomic E-state index is 13.2. The van der Waals surface area contributed by atoms with E-state index < -0.39 is 11.4 Å². The predicted octanol–water partition coefficient (Wildman–Crippen LogP) is 3.57. The first kappa shape index (κ1) is 19.5. The Morgan fingerprint density at radius 1 is 1.25 bits per heavy atom. The number of carboxylic acid groups (broad SMARTS) is 1. The van der Waals surface area contributed by atoms with E-state index in [1.165, 1.54) is 12.1 Å². The van der Waals surface area contributed by atoms with Crippen LogP contribution >= 0.6 is 0 Å². The van der Waals surface area contributed by atoms with Crippen LogP contribution in [0.2, 0.25) is 0 Å². The second-order valence-electron chi connectivity index (χ2n) is 7.21. The first-order valence-corrected chi connectivity index (χ1v) is 8.73. The number of carboxylic acids is 1. The van der Waals surface area contributed by atoms with Crippen molar-refractivity contribution >= 4 is 23.0 Å². The SMILES string of the molecule is Cc1noc2nc(-c3ccc(F)cc3)cc(C(=O)NCCC(C)(C)C(=O)O)c12. The molecule has 0 bridgehead atoms. The smallest absolute Gasteiger partial charge is 0.309 e. The van der Waals surface area contributed by atoms with E-state index >= 15 is 0 Å². The number of aryl methyl sites for hydroxylation is 1. The second kappa shape index (κ2) is 7.38. The summed E-state index contributed by atoms with van der Waals surface area (Å²) in [4.78, 5) is 28.4. The molecule has 0 aliphatic heterocycles. The molecular formula is C20H20FN3O4. The van der Waals surface area contributed by atoms with E-state index in [0.717, 1.165) is 0 Å². The Morgan fingerprint density at radius 2 is 1.93 bits per heavy atom. The van der Waals surface area contributed by atoms with Crippen molar-refractivity contribution in [2.45, 2.75) is 27.2 Å². The number of halogens is 1. The lowest BCUT2D eigenvalue weighted by Gasteiger charge is -2.19. The normalized spacial score (nSPS) is 11.6. The summed E-state index contributed by atoms with van der Waals surface area (Å²) in [6, 6.07) is 7.33. The van der Waals surface area contributed by atoms with Gasteiger partial charge in [-0.15, -0.1) is 0 Å². The van der Waals surface area contributed by atoms with Gasteiger partial charge in [0.15, 0.2) is 0 Å². The summed E-state index contributed by atoms with van der Waals surface area (Å²) < 4.78 is 18.4. The zero-order valence-corrected chi connectivity index (χ0v) is 15.7. The van der Waals surface area contributed by atoms with E-state index in [1.54, 1.807) is 39.0 Å². The van der Waals surface area contributed by atoms with Crippen molar-refractivity contribution in [2.24, 2.45) is 5.41 Å². The average molecular weight is 385 g/mol. The number of nitrogens with zero attached hydrogens (tertiary/aromatic N) is 2. The molecule has 2 heterocycles. The topological polar surface area (TPSA) is 105 Å². The molecule has 0 saturated carbocycles. The quantitative estimate of drug-likeness (QED) is 0.672. The molecule has 2 N–H and O–H groups in total. The number of nitrogens with one attached hydrogen (secondary N) is 1. The Morgan fingerprint density at radius 3 is 2.57 bits per heavy atom. The minimum atomic E-state index is -0.951. The lowest BCUT2D eigenvalue weighted by atomic mass is 9.89. The summed E-state index contributed by atoms with van der Waals surface area (Å²) in [5, 5.41) is 16.3. The Labute approximate surface area is 160 Å². The van der Waals surface area contributed by atoms with Crippen molar-refractivity contribution in [1.29, 1.82) is 0 Å². The molecule has 0 aliphatic rings. The first-order valence-electron chi connectivity index (χ1n) is 8.73. The number of carbonyl (C=O) groups is 2. The van der Waals surface area contributed by atoms with Crippen molar-refractivity contribution in [2.75, 3.05) is 6.54 Å². The minimum Gasteiger partial charge on any atom is -0.481 e. The van der Waals surface area contributed by atoms with Crippen LogP contribution in [-0.4, -0.2) is 33.7 Å². The van der Waals surface area contributed by atoms with Crippen molar-refractivity contribution in [3.63, 3.8) is 0 Å². The van der Waals surface area contributed by atoms with Gasteiger partial charge in [0.2, 0.25) is 0 Å². The number of fused-ring (bicyclic) bond motifs is 1. The predicted molar refractivity (Wildman–Crippen MR) is 100 cm³/mol. The molecule has 0 atom stereocenters. The van der Waals surface area contributed by atoms with Crippen LogP contribution in [-0.2, 0) is 4.79 Å². The summed E-state index contributed by atoms with van der Waals surface area (Å²) >= 11 is 0. The molecule has 3 aromatic rings. The Hall–Kier alpha value is -3.29. The number of aromatic nitrogens is 2. The van der Waals surface area contributed by atoms with Gasteiger partial charge in [0.05, 0.1) is 27.8 Å². The number of carbonyl (C=O) groups excluding carboxylic acids is 1. The molecule has 0 saturated heterocycles. The van der Waals surface area contributed by atoms with Crippen LogP contribution in [0.1, 0.15) is 36.3 Å². The molecular weight excluding hydrogens is 365 g/mol. The van der Waals surface area contributed by atoms with Crippen LogP contribution < -0.4 is 5.32 Å². The van der Waals surface area contributed by atoms with E-state index in [-0.39, 0.29) is 30.4 Å². The van der Waals surface area contributed by atoms with Crippen molar-refractivity contribution in [3.8, 4) is 11.3 Å². The van der Waals surface area contributed by atoms with Gasteiger partial charge >= 0.3 is 5.97 Å². The third kappa shape index (κ3) is 3.85. The maximum atomic E-state index is 13.2. The van der Waals surface area contributed by atoms with Crippen LogP contribution in [0, 0.1) is 18.2 Å². The summed E-state index contributed by atoms with van der Waals surface area (Å²) in [5.41, 5.74) is 1.15. The number of aliphatic carboxylic acids is 1. The number of rotatable bonds is 6. The minimum absolute atomic E-state index is 0.193. The van der Waals surface area contributed by atoms with Gasteiger partial charge in [-0.25, -0.2) is 9.37 Å². The van der Waals surface area contributed by atoms with E-state index in [0.29, 0.717) is 27.9 Å². The molecule has 2 aromatic heterocycles. The van der Waals surface area contributed by atoms with Crippen LogP contribution in [0.15, 0.2) is 34.9 Å². The summed E-state index contributed by atoms with van der Waals surface area (Å²) in [6.07, 6.45) is 0.274. The van der Waals surface area contributed by atoms with Gasteiger partial charge < -0.3 is 14.9 Å². The molecule has 7 nitrogen and oxygen atoms in total. The third-order valence-electron chi connectivity index (χ3n) is 4.62. The molecule has 8 heteroatoms. The van der Waals surface area contributed by atoms with Crippen molar-refractivity contribution in [3.05, 3.63) is 47.4 Å². The van der Waals surface area contributed by atoms with E-state index in [2.05, 4.69) is 15.5 Å². The molecule has 1 amide bonds. The lowest BCUT2D eigenvalue weighted by molar-refractivity contribution is -0.147. The zero-order valence-electron chi connectivity index (χ0n) is 15.7. The Balaban J connectivity index is 1.92. The Kier molecular flexibility index (Phi) is 5.13. The van der Waals surface area contributed by atoms with Gasteiger partial charge in [-0.2, -0.15) is 0 Å². The fourth-order valence-electron chi connectivity index (χ4n) is 2.73. The van der Waals surface area contributed by atoms with E-state index in [9.17, 15) is 19.1 Å². The van der Waals surface area contributed by atoms with Gasteiger partial charge in [-0.3, -0.25) is 9.59 Å². The lowest BCUT2D eigenvalue weighted by Crippen LogP contribution is -2.32. The number of hydrogen-bond acceptors (Lipinski definition) is 5. The zero-order chi connectivity index (χ0) is 20.5. The highest BCUT2D eigenvalue weighted by molar-refractivity contribution is 6.07. The molecule has 0 unspecified atom stereocenters. The summed E-state index contributed by atoms with van der Waals surface area (Å²) in [5.74, 6) is -1.69. The van der Waals surface area contributed by atoms with Crippen LogP contribution in [0.25, 0.3) is 22.4 Å². The monoisotopic (exact) mass is 385 g/mol. The van der Waals surface area contributed by atoms with E-state index in [1.807, 2.05) is 0 Å². The fourth-order valence-corrected chi connectivity index (χ4v) is 2.73. The molecule has 0 fully saturated rings. The van der Waals surface area contributed by atoms with Gasteiger partial charge in [0.1, 0.15) is 5.82 Å². The standard InChI is InChI=1S/C20H20FN3O4/c1-11-16-14(17(25)22-9-8-20(2,3)19(26)27)10-15(23-18(16)28-24-11)12-4-6-13(21)7-5-12/h4-7,10H,8-9H2,1-3H3,(H,22,25)(H,26,27). The summed E-state index contributed by atoms with van der Waals surface area (Å²) in [6.45, 7) is 5.10. The van der Waals surface area contributed by atoms with Gasteiger partial charge in [0.25, 0.3) is 11.6 Å². The third-order valence-corrected chi connectivity index (χ3v) is 4.62. The van der Waals surface area contributed by atoms with Gasteiger partial charge in [0, 0.05) is 12.1 Å². The van der Waals surface area contributed by atoms with Crippen molar-refractivity contribution < 1.29 is 23.6 Å². The van der Waals surface area contributed by atoms with Gasteiger partial charge in [-0.1, -0.05) is 5.16 Å². The highest BCUT2D eigenvalue weighted by Gasteiger charge is 2.27. The van der Waals surface area contributed by atoms with Crippen LogP contribution in [0.5, 0.6) is 0 Å². The molecule has 0 aliphatic carbocycles. The maximum Gasteiger partial charge on any atom is 0.309 e. The number of hydrogen-bond donors (Lipinski definition) is 2. The summed E-state index contributed by atoms with van der Waals surface area (Å²) in [7, 11) is 0. The largest absolute Gasteiger partial charge is 0.481 e. The Bertz CT molecular complexity index is 1040. The first-order chi connectivity index (χ1) is 13.2. The average Bonchev–Trinajstić information content (AvgIpc) is 3.02. The molecule has 146 valence electrons. The molecule has 0 spiro atoms. The molecule has 0 radical (unpaired) electrons. The van der Waals surface area contributed by atoms with Crippen LogP contribution in [0.4, 0.5) is 4.39 Å². The van der Waals surface area contributed by atoms with Crippen molar-refractivity contribution in [1.82, 2.24) is 15.5 Å². The van der Waals surface area contributed by atoms with E-state index in [4.69, 9.17) is 4.52 Å². The van der Waals surface area contributed by atoms with Gasteiger partial charge in [-0.05, 0) is 57.5 Å². The second-order valence-corrected chi connectivity index (χ2v) is 7.21. The van der Waals surface area contributed by atoms with Crippen LogP contribution in [0.3, 0.4) is 0 Å². The molecule has 3 rings (SSSR count). The fraction of sp³-hybridized carbons (Fsp3) is 0.300. The molecule has 1 aromatic carbocycles. The number of pyridine rings is 1. The highest BCUT2D eigenvalue weighted by Crippen LogP contribution is 2.27. The number of amides is 1. The number of benzene rings is 1. The molecule has 28 heavy (non-hydrogen) atoms. The highest BCUT2D eigenvalue weighted by atomic mass is 19.1.